The molecule has 12 heteroatoms. The number of rotatable bonds is 7. The molecule has 182 valence electrons. The smallest absolute Gasteiger partial charge is 0.416 e. The van der Waals surface area contributed by atoms with Gasteiger partial charge >= 0.3 is 12.1 Å². The van der Waals surface area contributed by atoms with E-state index < -0.39 is 41.0 Å². The van der Waals surface area contributed by atoms with Crippen molar-refractivity contribution in [3.63, 3.8) is 0 Å². The summed E-state index contributed by atoms with van der Waals surface area (Å²) in [5, 5.41) is 11.9. The van der Waals surface area contributed by atoms with Crippen LogP contribution in [0.25, 0.3) is 0 Å². The Kier molecular flexibility index (Phi) is 7.10. The molecule has 34 heavy (non-hydrogen) atoms. The molecule has 1 heterocycles. The Balaban J connectivity index is 2.01. The van der Waals surface area contributed by atoms with Crippen molar-refractivity contribution in [1.29, 1.82) is 0 Å². The lowest BCUT2D eigenvalue weighted by atomic mass is 10.1. The van der Waals surface area contributed by atoms with E-state index in [1.807, 2.05) is 0 Å². The second-order valence-corrected chi connectivity index (χ2v) is 7.29. The number of halogens is 5. The van der Waals surface area contributed by atoms with E-state index >= 15 is 0 Å². The van der Waals surface area contributed by atoms with Crippen LogP contribution in [0, 0.1) is 18.6 Å². The van der Waals surface area contributed by atoms with Crippen molar-refractivity contribution < 1.29 is 46.1 Å². The molecule has 1 aliphatic rings. The van der Waals surface area contributed by atoms with Gasteiger partial charge in [0.2, 0.25) is 0 Å². The van der Waals surface area contributed by atoms with Gasteiger partial charge in [-0.25, -0.2) is 13.6 Å². The third kappa shape index (κ3) is 5.11. The second-order valence-electron chi connectivity index (χ2n) is 7.29. The molecule has 0 aliphatic carbocycles. The molecule has 7 nitrogen and oxygen atoms in total. The predicted molar refractivity (Wildman–Crippen MR) is 109 cm³/mol. The van der Waals surface area contributed by atoms with Crippen molar-refractivity contribution in [3.05, 3.63) is 64.4 Å². The lowest BCUT2D eigenvalue weighted by Gasteiger charge is -2.17. The van der Waals surface area contributed by atoms with Gasteiger partial charge in [-0.3, -0.25) is 4.79 Å². The number of alkyl halides is 3. The Morgan fingerprint density at radius 3 is 2.38 bits per heavy atom. The van der Waals surface area contributed by atoms with E-state index in [-0.39, 0.29) is 54.5 Å². The highest BCUT2D eigenvalue weighted by molar-refractivity contribution is 6.08. The van der Waals surface area contributed by atoms with Gasteiger partial charge in [0.1, 0.15) is 5.70 Å². The number of aryl methyl sites for hydroxylation is 1. The number of hydrogen-bond donors (Lipinski definition) is 2. The zero-order chi connectivity index (χ0) is 25.2. The normalized spacial score (nSPS) is 14.0. The van der Waals surface area contributed by atoms with Crippen molar-refractivity contribution >= 4 is 17.6 Å². The molecule has 3 rings (SSSR count). The van der Waals surface area contributed by atoms with E-state index in [0.29, 0.717) is 5.56 Å². The molecule has 0 saturated carbocycles. The Morgan fingerprint density at radius 1 is 1.18 bits per heavy atom. The Hall–Kier alpha value is -3.67. The molecule has 0 saturated heterocycles. The average Bonchev–Trinajstić information content (AvgIpc) is 3.06. The molecule has 0 spiro atoms. The summed E-state index contributed by atoms with van der Waals surface area (Å²) in [6.07, 6.45) is -4.96. The zero-order valence-corrected chi connectivity index (χ0v) is 17.9. The number of methoxy groups -OCH3 is 1. The van der Waals surface area contributed by atoms with Crippen LogP contribution in [0.1, 0.15) is 11.1 Å². The highest BCUT2D eigenvalue weighted by atomic mass is 19.4. The third-order valence-electron chi connectivity index (χ3n) is 4.89. The summed E-state index contributed by atoms with van der Waals surface area (Å²) in [5.41, 5.74) is -1.15. The molecule has 0 unspecified atom stereocenters. The maximum absolute atomic E-state index is 14.3. The average molecular weight is 486 g/mol. The number of nitrogens with zero attached hydrogens (tertiary/aromatic N) is 1. The molecular formula is C22H19F5N2O5. The fraction of sp³-hybridized carbons (Fsp3) is 0.273. The van der Waals surface area contributed by atoms with Crippen molar-refractivity contribution in [2.24, 2.45) is 0 Å². The maximum atomic E-state index is 14.3. The van der Waals surface area contributed by atoms with Crippen LogP contribution in [0.5, 0.6) is 11.5 Å². The molecule has 1 amide bonds. The summed E-state index contributed by atoms with van der Waals surface area (Å²) >= 11 is 0. The summed E-state index contributed by atoms with van der Waals surface area (Å²) in [5.74, 6) is -5.94. The van der Waals surface area contributed by atoms with Gasteiger partial charge in [0.25, 0.3) is 5.91 Å². The van der Waals surface area contributed by atoms with Crippen molar-refractivity contribution in [2.75, 3.05) is 32.1 Å². The first-order chi connectivity index (χ1) is 16.0. The minimum Gasteiger partial charge on any atom is -0.466 e. The largest absolute Gasteiger partial charge is 0.466 e. The highest BCUT2D eigenvalue weighted by Gasteiger charge is 2.35. The van der Waals surface area contributed by atoms with E-state index in [1.54, 1.807) is 6.92 Å². The van der Waals surface area contributed by atoms with Gasteiger partial charge in [0.05, 0.1) is 37.1 Å². The van der Waals surface area contributed by atoms with E-state index in [0.717, 1.165) is 7.11 Å². The summed E-state index contributed by atoms with van der Waals surface area (Å²) in [6.45, 7) is 1.08. The van der Waals surface area contributed by atoms with Gasteiger partial charge in [-0.15, -0.1) is 0 Å². The summed E-state index contributed by atoms with van der Waals surface area (Å²) < 4.78 is 77.0. The number of benzene rings is 2. The summed E-state index contributed by atoms with van der Waals surface area (Å²) in [4.78, 5) is 26.1. The topological polar surface area (TPSA) is 88.1 Å². The summed E-state index contributed by atoms with van der Waals surface area (Å²) in [6, 6.07) is 4.44. The molecule has 0 bridgehead atoms. The van der Waals surface area contributed by atoms with Gasteiger partial charge in [0, 0.05) is 6.54 Å². The molecule has 2 N–H and O–H groups in total. The Labute approximate surface area is 190 Å². The number of aliphatic hydroxyl groups is 1. The number of carbonyl (C=O) groups excluding carboxylic acids is 2. The minimum absolute atomic E-state index is 0.00861. The fourth-order valence-electron chi connectivity index (χ4n) is 3.25. The van der Waals surface area contributed by atoms with Gasteiger partial charge in [0.15, 0.2) is 23.1 Å². The fourth-order valence-corrected chi connectivity index (χ4v) is 3.25. The quantitative estimate of drug-likeness (QED) is 0.458. The van der Waals surface area contributed by atoms with Crippen LogP contribution in [0.3, 0.4) is 0 Å². The molecule has 0 aromatic heterocycles. The number of esters is 1. The first kappa shape index (κ1) is 25.0. The predicted octanol–water partition coefficient (Wildman–Crippen LogP) is 3.76. The third-order valence-corrected chi connectivity index (χ3v) is 4.89. The van der Waals surface area contributed by atoms with Crippen LogP contribution < -0.4 is 10.1 Å². The van der Waals surface area contributed by atoms with E-state index in [4.69, 9.17) is 14.6 Å². The number of β-amino-alcohol motifs (C(OH)–C–C–N with tert-alkyl or cyclic N) is 1. The van der Waals surface area contributed by atoms with Gasteiger partial charge in [-0.2, -0.15) is 13.2 Å². The van der Waals surface area contributed by atoms with Crippen LogP contribution in [0.15, 0.2) is 41.6 Å². The molecule has 2 aromatic rings. The van der Waals surface area contributed by atoms with Crippen molar-refractivity contribution in [3.8, 4) is 11.5 Å². The van der Waals surface area contributed by atoms with Gasteiger partial charge in [-0.1, -0.05) is 6.07 Å². The van der Waals surface area contributed by atoms with Crippen molar-refractivity contribution in [2.45, 2.75) is 13.1 Å². The minimum atomic E-state index is -4.96. The molecule has 2 aromatic carbocycles. The molecule has 0 fully saturated rings. The zero-order valence-electron chi connectivity index (χ0n) is 17.9. The second kappa shape index (κ2) is 9.67. The first-order valence-corrected chi connectivity index (χ1v) is 9.79. The van der Waals surface area contributed by atoms with Crippen LogP contribution in [0.4, 0.5) is 27.6 Å². The number of hydrogen-bond acceptors (Lipinski definition) is 6. The van der Waals surface area contributed by atoms with E-state index in [2.05, 4.69) is 5.32 Å². The number of anilines is 1. The first-order valence-electron chi connectivity index (χ1n) is 9.79. The number of aliphatic hydroxyl groups excluding tert-OH is 1. The highest BCUT2D eigenvalue weighted by Crippen LogP contribution is 2.38. The standard InChI is InChI=1S/C22H19F5N2O5/c1-11-3-4-17(34-19-14(23)8-12(9-15(19)24)22(25,26)27)16(7-11)28-18-13(21(32)33-2)10-29(5-6-30)20(18)31/h3-4,7-9,28,30H,5-6,10H2,1-2H3. The van der Waals surface area contributed by atoms with Crippen LogP contribution in [-0.2, 0) is 20.5 Å². The maximum Gasteiger partial charge on any atom is 0.416 e. The summed E-state index contributed by atoms with van der Waals surface area (Å²) in [7, 11) is 1.11. The monoisotopic (exact) mass is 486 g/mol. The molecule has 0 radical (unpaired) electrons. The molecule has 1 aliphatic heterocycles. The number of nitrogens with one attached hydrogen (secondary N) is 1. The lowest BCUT2D eigenvalue weighted by molar-refractivity contribution is -0.138. The van der Waals surface area contributed by atoms with Gasteiger partial charge in [-0.05, 0) is 36.8 Å². The SMILES string of the molecule is COC(=O)C1=C(Nc2cc(C)ccc2Oc2c(F)cc(C(F)(F)F)cc2F)C(=O)N(CCO)C1. The van der Waals surface area contributed by atoms with Crippen molar-refractivity contribution in [1.82, 2.24) is 4.90 Å². The van der Waals surface area contributed by atoms with Crippen LogP contribution in [-0.4, -0.2) is 48.7 Å². The number of carbonyl (C=O) groups is 2. The number of amides is 1. The van der Waals surface area contributed by atoms with Gasteiger partial charge < -0.3 is 24.8 Å². The van der Waals surface area contributed by atoms with E-state index in [1.165, 1.54) is 23.1 Å². The molecule has 0 atom stereocenters. The molecular weight excluding hydrogens is 467 g/mol. The Bertz CT molecular complexity index is 1140. The Morgan fingerprint density at radius 2 is 1.82 bits per heavy atom. The van der Waals surface area contributed by atoms with Crippen LogP contribution >= 0.6 is 0 Å². The lowest BCUT2D eigenvalue weighted by Crippen LogP contribution is -2.31. The number of ether oxygens (including phenoxy) is 2. The van der Waals surface area contributed by atoms with E-state index in [9.17, 15) is 31.5 Å². The van der Waals surface area contributed by atoms with Crippen LogP contribution in [0.2, 0.25) is 0 Å².